The number of hydrazone groups is 1. The Morgan fingerprint density at radius 3 is 2.74 bits per heavy atom. The number of thiazole rings is 1. The van der Waals surface area contributed by atoms with Crippen molar-refractivity contribution in [3.63, 3.8) is 0 Å². The molecule has 0 saturated heterocycles. The van der Waals surface area contributed by atoms with Crippen LogP contribution in [0.25, 0.3) is 11.3 Å². The van der Waals surface area contributed by atoms with Crippen LogP contribution in [-0.2, 0) is 4.79 Å². The minimum atomic E-state index is -0.449. The first kappa shape index (κ1) is 18.2. The Morgan fingerprint density at radius 2 is 2.04 bits per heavy atom. The zero-order valence-electron chi connectivity index (χ0n) is 14.2. The zero-order valence-corrected chi connectivity index (χ0v) is 15.1. The van der Waals surface area contributed by atoms with Gasteiger partial charge < -0.3 is 5.32 Å². The quantitative estimate of drug-likeness (QED) is 0.379. The minimum absolute atomic E-state index is 0.0122. The summed E-state index contributed by atoms with van der Waals surface area (Å²) in [7, 11) is 0. The highest BCUT2D eigenvalue weighted by atomic mass is 32.1. The number of nitro benzene ring substituents is 1. The van der Waals surface area contributed by atoms with E-state index in [0.29, 0.717) is 10.7 Å². The molecule has 0 bridgehead atoms. The molecule has 8 nitrogen and oxygen atoms in total. The molecule has 0 atom stereocenters. The lowest BCUT2D eigenvalue weighted by Crippen LogP contribution is -2.05. The van der Waals surface area contributed by atoms with Gasteiger partial charge in [0.2, 0.25) is 11.0 Å². The average molecular weight is 381 g/mol. The molecule has 0 aliphatic heterocycles. The van der Waals surface area contributed by atoms with Crippen molar-refractivity contribution in [2.24, 2.45) is 5.10 Å². The zero-order chi connectivity index (χ0) is 19.2. The van der Waals surface area contributed by atoms with Crippen molar-refractivity contribution in [3.05, 3.63) is 69.6 Å². The third-order valence-corrected chi connectivity index (χ3v) is 4.21. The van der Waals surface area contributed by atoms with E-state index in [1.54, 1.807) is 12.1 Å². The minimum Gasteiger partial charge on any atom is -0.326 e. The van der Waals surface area contributed by atoms with Crippen LogP contribution >= 0.6 is 11.3 Å². The van der Waals surface area contributed by atoms with Crippen LogP contribution in [0.2, 0.25) is 0 Å². The Labute approximate surface area is 158 Å². The normalized spacial score (nSPS) is 10.7. The monoisotopic (exact) mass is 381 g/mol. The van der Waals surface area contributed by atoms with Crippen LogP contribution in [0.5, 0.6) is 0 Å². The van der Waals surface area contributed by atoms with Crippen molar-refractivity contribution in [2.45, 2.75) is 6.92 Å². The molecule has 0 unspecified atom stereocenters. The van der Waals surface area contributed by atoms with E-state index in [0.717, 1.165) is 16.9 Å². The van der Waals surface area contributed by atoms with E-state index in [1.807, 2.05) is 29.6 Å². The summed E-state index contributed by atoms with van der Waals surface area (Å²) in [5.41, 5.74) is 5.86. The van der Waals surface area contributed by atoms with Gasteiger partial charge >= 0.3 is 0 Å². The standard InChI is InChI=1S/C18H15N5O3S/c1-12(24)20-15-7-5-14(6-8-15)17-11-27-18(21-17)22-19-10-13-3-2-4-16(9-13)23(25)26/h2-11H,1H3,(H,20,24)(H,21,22)/b19-10-. The summed E-state index contributed by atoms with van der Waals surface area (Å²) in [6.07, 6.45) is 1.50. The SMILES string of the molecule is CC(=O)Nc1ccc(-c2csc(N/N=C\c3cccc([N+](=O)[O-])c3)n2)cc1. The first-order valence-electron chi connectivity index (χ1n) is 7.88. The Bertz CT molecular complexity index is 998. The average Bonchev–Trinajstić information content (AvgIpc) is 3.11. The molecule has 0 saturated carbocycles. The summed E-state index contributed by atoms with van der Waals surface area (Å²) in [4.78, 5) is 25.8. The van der Waals surface area contributed by atoms with Gasteiger partial charge in [0.05, 0.1) is 16.8 Å². The van der Waals surface area contributed by atoms with E-state index in [9.17, 15) is 14.9 Å². The van der Waals surface area contributed by atoms with E-state index in [2.05, 4.69) is 20.8 Å². The molecule has 27 heavy (non-hydrogen) atoms. The van der Waals surface area contributed by atoms with Crippen LogP contribution in [0.15, 0.2) is 59.0 Å². The van der Waals surface area contributed by atoms with E-state index in [4.69, 9.17) is 0 Å². The molecule has 0 aliphatic rings. The third-order valence-electron chi connectivity index (χ3n) is 3.46. The van der Waals surface area contributed by atoms with Gasteiger partial charge in [-0.3, -0.25) is 20.3 Å². The largest absolute Gasteiger partial charge is 0.326 e. The molecule has 0 fully saturated rings. The Kier molecular flexibility index (Phi) is 5.53. The highest BCUT2D eigenvalue weighted by molar-refractivity contribution is 7.14. The fourth-order valence-corrected chi connectivity index (χ4v) is 2.93. The Morgan fingerprint density at radius 1 is 1.26 bits per heavy atom. The van der Waals surface area contributed by atoms with Crippen LogP contribution in [0, 0.1) is 10.1 Å². The molecule has 2 aromatic carbocycles. The van der Waals surface area contributed by atoms with Crippen molar-refractivity contribution in [1.29, 1.82) is 0 Å². The molecule has 3 rings (SSSR count). The highest BCUT2D eigenvalue weighted by Crippen LogP contribution is 2.26. The number of hydrogen-bond donors (Lipinski definition) is 2. The number of hydrogen-bond acceptors (Lipinski definition) is 7. The topological polar surface area (TPSA) is 110 Å². The highest BCUT2D eigenvalue weighted by Gasteiger charge is 2.06. The number of benzene rings is 2. The molecule has 3 aromatic rings. The van der Waals surface area contributed by atoms with Crippen molar-refractivity contribution < 1.29 is 9.72 Å². The number of amides is 1. The molecular weight excluding hydrogens is 366 g/mol. The third kappa shape index (κ3) is 4.95. The van der Waals surface area contributed by atoms with Gasteiger partial charge in [0.25, 0.3) is 5.69 Å². The van der Waals surface area contributed by atoms with E-state index >= 15 is 0 Å². The maximum atomic E-state index is 11.0. The fourth-order valence-electron chi connectivity index (χ4n) is 2.27. The van der Waals surface area contributed by atoms with Crippen molar-refractivity contribution in [1.82, 2.24) is 4.98 Å². The first-order valence-corrected chi connectivity index (χ1v) is 8.76. The summed E-state index contributed by atoms with van der Waals surface area (Å²) in [6.45, 7) is 1.46. The number of aromatic nitrogens is 1. The smallest absolute Gasteiger partial charge is 0.270 e. The molecule has 136 valence electrons. The Hall–Kier alpha value is -3.59. The van der Waals surface area contributed by atoms with E-state index < -0.39 is 4.92 Å². The van der Waals surface area contributed by atoms with Gasteiger partial charge in [-0.05, 0) is 12.1 Å². The predicted molar refractivity (Wildman–Crippen MR) is 106 cm³/mol. The summed E-state index contributed by atoms with van der Waals surface area (Å²) >= 11 is 1.39. The van der Waals surface area contributed by atoms with Gasteiger partial charge in [0.1, 0.15) is 0 Å². The van der Waals surface area contributed by atoms with Crippen molar-refractivity contribution >= 4 is 40.0 Å². The molecule has 0 aliphatic carbocycles. The van der Waals surface area contributed by atoms with Gasteiger partial charge in [-0.15, -0.1) is 11.3 Å². The van der Waals surface area contributed by atoms with Gasteiger partial charge in [-0.2, -0.15) is 5.10 Å². The lowest BCUT2D eigenvalue weighted by molar-refractivity contribution is -0.384. The molecule has 9 heteroatoms. The van der Waals surface area contributed by atoms with Crippen LogP contribution in [0.4, 0.5) is 16.5 Å². The van der Waals surface area contributed by atoms with Gasteiger partial charge in [0.15, 0.2) is 0 Å². The lowest BCUT2D eigenvalue weighted by atomic mass is 10.1. The van der Waals surface area contributed by atoms with Crippen LogP contribution in [-0.4, -0.2) is 22.0 Å². The van der Waals surface area contributed by atoms with E-state index in [-0.39, 0.29) is 11.6 Å². The number of carbonyl (C=O) groups is 1. The van der Waals surface area contributed by atoms with Gasteiger partial charge in [-0.25, -0.2) is 4.98 Å². The maximum Gasteiger partial charge on any atom is 0.270 e. The van der Waals surface area contributed by atoms with E-state index in [1.165, 1.54) is 36.6 Å². The molecule has 1 aromatic heterocycles. The second kappa shape index (κ2) is 8.19. The van der Waals surface area contributed by atoms with Crippen LogP contribution < -0.4 is 10.7 Å². The number of carbonyl (C=O) groups excluding carboxylic acids is 1. The Balaban J connectivity index is 1.65. The maximum absolute atomic E-state index is 11.0. The number of anilines is 2. The number of nitrogens with one attached hydrogen (secondary N) is 2. The summed E-state index contributed by atoms with van der Waals surface area (Å²) < 4.78 is 0. The number of nitrogens with zero attached hydrogens (tertiary/aromatic N) is 3. The second-order valence-electron chi connectivity index (χ2n) is 5.52. The molecule has 1 heterocycles. The number of nitro groups is 1. The van der Waals surface area contributed by atoms with Crippen molar-refractivity contribution in [2.75, 3.05) is 10.7 Å². The fraction of sp³-hybridized carbons (Fsp3) is 0.0556. The molecule has 2 N–H and O–H groups in total. The van der Waals surface area contributed by atoms with Gasteiger partial charge in [0, 0.05) is 41.3 Å². The second-order valence-corrected chi connectivity index (χ2v) is 6.38. The van der Waals surface area contributed by atoms with Crippen LogP contribution in [0.3, 0.4) is 0 Å². The number of rotatable bonds is 6. The lowest BCUT2D eigenvalue weighted by Gasteiger charge is -2.02. The van der Waals surface area contributed by atoms with Gasteiger partial charge in [-0.1, -0.05) is 24.3 Å². The molecular formula is C18H15N5O3S. The van der Waals surface area contributed by atoms with Crippen LogP contribution in [0.1, 0.15) is 12.5 Å². The molecule has 0 radical (unpaired) electrons. The number of non-ortho nitro benzene ring substituents is 1. The molecule has 0 spiro atoms. The summed E-state index contributed by atoms with van der Waals surface area (Å²) in [6, 6.07) is 13.6. The summed E-state index contributed by atoms with van der Waals surface area (Å²) in [5, 5.41) is 20.0. The molecule has 1 amide bonds. The predicted octanol–water partition coefficient (Wildman–Crippen LogP) is 4.12. The summed E-state index contributed by atoms with van der Waals surface area (Å²) in [5.74, 6) is -0.121. The van der Waals surface area contributed by atoms with Crippen molar-refractivity contribution in [3.8, 4) is 11.3 Å². The first-order chi connectivity index (χ1) is 13.0.